The third kappa shape index (κ3) is 4.46. The van der Waals surface area contributed by atoms with Crippen LogP contribution >= 0.6 is 11.3 Å². The number of amides is 1. The zero-order chi connectivity index (χ0) is 18.4. The van der Waals surface area contributed by atoms with E-state index < -0.39 is 6.29 Å². The van der Waals surface area contributed by atoms with E-state index in [1.165, 1.54) is 5.56 Å². The maximum Gasteiger partial charge on any atom is 0.288 e. The van der Waals surface area contributed by atoms with Crippen LogP contribution in [0.2, 0.25) is 0 Å². The van der Waals surface area contributed by atoms with Crippen LogP contribution in [0, 0.1) is 5.92 Å². The molecular formula is C19H27NO5S. The summed E-state index contributed by atoms with van der Waals surface area (Å²) < 4.78 is 17.2. The Morgan fingerprint density at radius 3 is 2.88 bits per heavy atom. The molecule has 0 aromatic carbocycles. The summed E-state index contributed by atoms with van der Waals surface area (Å²) in [5, 5.41) is 13.4. The molecule has 0 unspecified atom stereocenters. The molecule has 1 N–H and O–H groups in total. The zero-order valence-corrected chi connectivity index (χ0v) is 16.0. The molecule has 144 valence electrons. The van der Waals surface area contributed by atoms with Crippen molar-refractivity contribution in [3.05, 3.63) is 34.2 Å². The van der Waals surface area contributed by atoms with Crippen LogP contribution in [0.25, 0.3) is 0 Å². The van der Waals surface area contributed by atoms with E-state index in [-0.39, 0.29) is 24.3 Å². The lowest BCUT2D eigenvalue weighted by atomic mass is 9.81. The molecule has 6 nitrogen and oxygen atoms in total. The summed E-state index contributed by atoms with van der Waals surface area (Å²) in [4.78, 5) is 14.7. The van der Waals surface area contributed by atoms with E-state index in [1.807, 2.05) is 18.4 Å². The Morgan fingerprint density at radius 1 is 1.42 bits per heavy atom. The smallest absolute Gasteiger partial charge is 0.288 e. The van der Waals surface area contributed by atoms with Gasteiger partial charge in [-0.1, -0.05) is 0 Å². The van der Waals surface area contributed by atoms with Gasteiger partial charge in [0.2, 0.25) is 6.29 Å². The molecule has 3 heterocycles. The van der Waals surface area contributed by atoms with Gasteiger partial charge in [0.05, 0.1) is 13.2 Å². The Morgan fingerprint density at radius 2 is 2.23 bits per heavy atom. The van der Waals surface area contributed by atoms with Gasteiger partial charge in [0, 0.05) is 38.1 Å². The third-order valence-corrected chi connectivity index (χ3v) is 5.55. The van der Waals surface area contributed by atoms with Crippen LogP contribution in [0.1, 0.15) is 31.2 Å². The summed E-state index contributed by atoms with van der Waals surface area (Å²) in [7, 11) is 0. The number of allylic oxidation sites excluding steroid dienone is 1. The van der Waals surface area contributed by atoms with Gasteiger partial charge in [0.15, 0.2) is 5.76 Å². The fourth-order valence-electron chi connectivity index (χ4n) is 3.52. The molecule has 1 fully saturated rings. The molecule has 1 amide bonds. The Labute approximate surface area is 158 Å². The van der Waals surface area contributed by atoms with Crippen molar-refractivity contribution < 1.29 is 24.1 Å². The number of carbonyl (C=O) groups is 1. The van der Waals surface area contributed by atoms with Crippen LogP contribution in [-0.2, 0) is 19.0 Å². The number of nitrogens with zero attached hydrogens (tertiary/aromatic N) is 1. The minimum absolute atomic E-state index is 0.0399. The summed E-state index contributed by atoms with van der Waals surface area (Å²) in [6.07, 6.45) is 2.91. The lowest BCUT2D eigenvalue weighted by Gasteiger charge is -2.38. The molecule has 2 aliphatic rings. The Bertz CT molecular complexity index is 597. The van der Waals surface area contributed by atoms with Crippen LogP contribution in [0.4, 0.5) is 0 Å². The molecule has 7 heteroatoms. The van der Waals surface area contributed by atoms with Gasteiger partial charge in [-0.3, -0.25) is 4.79 Å². The fourth-order valence-corrected chi connectivity index (χ4v) is 4.23. The summed E-state index contributed by atoms with van der Waals surface area (Å²) in [5.74, 6) is 0.372. The molecule has 0 aliphatic carbocycles. The van der Waals surface area contributed by atoms with E-state index in [1.54, 1.807) is 16.2 Å². The Kier molecular flexibility index (Phi) is 7.07. The van der Waals surface area contributed by atoms with E-state index in [0.717, 1.165) is 6.42 Å². The van der Waals surface area contributed by atoms with E-state index in [0.29, 0.717) is 45.1 Å². The van der Waals surface area contributed by atoms with Crippen molar-refractivity contribution in [2.75, 3.05) is 39.5 Å². The quantitative estimate of drug-likeness (QED) is 0.785. The predicted octanol–water partition coefficient (Wildman–Crippen LogP) is 2.36. The van der Waals surface area contributed by atoms with E-state index in [4.69, 9.17) is 14.2 Å². The summed E-state index contributed by atoms with van der Waals surface area (Å²) in [5.41, 5.74) is 1.17. The molecule has 1 aromatic heterocycles. The van der Waals surface area contributed by atoms with Crippen molar-refractivity contribution >= 4 is 17.2 Å². The van der Waals surface area contributed by atoms with Gasteiger partial charge in [0.1, 0.15) is 0 Å². The van der Waals surface area contributed by atoms with Crippen molar-refractivity contribution in [2.24, 2.45) is 5.92 Å². The van der Waals surface area contributed by atoms with Gasteiger partial charge in [-0.05, 0) is 48.2 Å². The molecule has 0 spiro atoms. The highest BCUT2D eigenvalue weighted by atomic mass is 32.1. The Hall–Kier alpha value is -1.41. The second-order valence-electron chi connectivity index (χ2n) is 6.49. The average Bonchev–Trinajstić information content (AvgIpc) is 3.21. The molecule has 2 aliphatic heterocycles. The van der Waals surface area contributed by atoms with Crippen LogP contribution in [0.15, 0.2) is 28.7 Å². The van der Waals surface area contributed by atoms with E-state index >= 15 is 0 Å². The first-order chi connectivity index (χ1) is 12.7. The topological polar surface area (TPSA) is 68.2 Å². The first kappa shape index (κ1) is 19.4. The first-order valence-electron chi connectivity index (χ1n) is 9.24. The minimum Gasteiger partial charge on any atom is -0.459 e. The van der Waals surface area contributed by atoms with Crippen LogP contribution in [0.5, 0.6) is 0 Å². The van der Waals surface area contributed by atoms with Gasteiger partial charge in [-0.2, -0.15) is 11.3 Å². The van der Waals surface area contributed by atoms with Crippen molar-refractivity contribution in [2.45, 2.75) is 32.0 Å². The second kappa shape index (κ2) is 9.50. The third-order valence-electron chi connectivity index (χ3n) is 4.85. The van der Waals surface area contributed by atoms with Crippen molar-refractivity contribution in [3.8, 4) is 0 Å². The molecule has 3 atom stereocenters. The normalized spacial score (nSPS) is 26.3. The summed E-state index contributed by atoms with van der Waals surface area (Å²) in [6.45, 7) is 4.84. The number of thiophene rings is 1. The van der Waals surface area contributed by atoms with Gasteiger partial charge in [-0.15, -0.1) is 0 Å². The molecule has 3 rings (SSSR count). The van der Waals surface area contributed by atoms with Crippen molar-refractivity contribution in [1.29, 1.82) is 0 Å². The monoisotopic (exact) mass is 381 g/mol. The molecule has 1 aromatic rings. The maximum absolute atomic E-state index is 12.9. The number of hydrogen-bond donors (Lipinski definition) is 1. The van der Waals surface area contributed by atoms with Crippen molar-refractivity contribution in [1.82, 2.24) is 4.90 Å². The molecule has 26 heavy (non-hydrogen) atoms. The zero-order valence-electron chi connectivity index (χ0n) is 15.1. The number of morpholine rings is 1. The second-order valence-corrected chi connectivity index (χ2v) is 7.27. The van der Waals surface area contributed by atoms with Gasteiger partial charge >= 0.3 is 0 Å². The van der Waals surface area contributed by atoms with Crippen LogP contribution in [0.3, 0.4) is 0 Å². The highest BCUT2D eigenvalue weighted by Gasteiger charge is 2.39. The fraction of sp³-hybridized carbons (Fsp3) is 0.632. The van der Waals surface area contributed by atoms with Crippen LogP contribution in [-0.4, -0.2) is 61.7 Å². The van der Waals surface area contributed by atoms with E-state index in [2.05, 4.69) is 11.4 Å². The lowest BCUT2D eigenvalue weighted by Crippen LogP contribution is -2.44. The number of aliphatic hydroxyl groups is 1. The Balaban J connectivity index is 1.87. The number of rotatable bonds is 7. The summed E-state index contributed by atoms with van der Waals surface area (Å²) in [6, 6.07) is 2.09. The van der Waals surface area contributed by atoms with Gasteiger partial charge in [0.25, 0.3) is 5.91 Å². The average molecular weight is 381 g/mol. The lowest BCUT2D eigenvalue weighted by molar-refractivity contribution is -0.171. The van der Waals surface area contributed by atoms with Gasteiger partial charge in [-0.25, -0.2) is 0 Å². The first-order valence-corrected chi connectivity index (χ1v) is 10.2. The van der Waals surface area contributed by atoms with Crippen LogP contribution < -0.4 is 0 Å². The van der Waals surface area contributed by atoms with Gasteiger partial charge < -0.3 is 24.2 Å². The summed E-state index contributed by atoms with van der Waals surface area (Å²) >= 11 is 1.64. The largest absolute Gasteiger partial charge is 0.459 e. The number of hydrogen-bond acceptors (Lipinski definition) is 6. The number of carbonyl (C=O) groups excluding carboxylic acids is 1. The maximum atomic E-state index is 12.9. The molecule has 0 radical (unpaired) electrons. The molecule has 0 bridgehead atoms. The highest BCUT2D eigenvalue weighted by molar-refractivity contribution is 7.08. The predicted molar refractivity (Wildman–Crippen MR) is 98.9 cm³/mol. The number of ether oxygens (including phenoxy) is 3. The number of aliphatic hydroxyl groups excluding tert-OH is 1. The minimum atomic E-state index is -0.485. The molecule has 0 saturated carbocycles. The standard InChI is InChI=1S/C19H27NO5S/c1-2-24-19-15(4-3-8-21)16(14-5-11-26-13-14)12-17(25-19)18(22)20-6-9-23-10-7-20/h5,11-13,15-16,19,21H,2-4,6-10H2,1H3/t15-,16+,19+/m0/s1. The van der Waals surface area contributed by atoms with E-state index in [9.17, 15) is 9.90 Å². The molecular weight excluding hydrogens is 354 g/mol. The highest BCUT2D eigenvalue weighted by Crippen LogP contribution is 2.40. The SMILES string of the molecule is CCO[C@@H]1OC(C(=O)N2CCOCC2)=C[C@H](c2ccsc2)[C@@H]1CCCO. The van der Waals surface area contributed by atoms with Crippen molar-refractivity contribution in [3.63, 3.8) is 0 Å². The molecule has 1 saturated heterocycles.